The first-order valence-electron chi connectivity index (χ1n) is 6.94. The fourth-order valence-corrected chi connectivity index (χ4v) is 3.04. The molecule has 0 aliphatic carbocycles. The van der Waals surface area contributed by atoms with Crippen molar-refractivity contribution in [3.8, 4) is 0 Å². The van der Waals surface area contributed by atoms with E-state index < -0.39 is 0 Å². The van der Waals surface area contributed by atoms with Gasteiger partial charge in [0.2, 0.25) is 0 Å². The van der Waals surface area contributed by atoms with E-state index in [0.29, 0.717) is 6.23 Å². The Morgan fingerprint density at radius 2 is 1.15 bits per heavy atom. The van der Waals surface area contributed by atoms with E-state index in [2.05, 4.69) is 74.3 Å². The second-order valence-corrected chi connectivity index (χ2v) is 5.59. The number of hydrogen-bond acceptors (Lipinski definition) is 1. The molecule has 0 unspecified atom stereocenters. The van der Waals surface area contributed by atoms with E-state index in [1.54, 1.807) is 0 Å². The van der Waals surface area contributed by atoms with Crippen molar-refractivity contribution >= 4 is 10.2 Å². The molecule has 0 saturated carbocycles. The molecule has 2 heteroatoms. The predicted octanol–water partition coefficient (Wildman–Crippen LogP) is 4.15. The van der Waals surface area contributed by atoms with Crippen molar-refractivity contribution in [1.82, 2.24) is 0 Å². The van der Waals surface area contributed by atoms with Gasteiger partial charge in [-0.15, -0.1) is 0 Å². The first-order chi connectivity index (χ1) is 9.56. The number of rotatable bonds is 4. The van der Waals surface area contributed by atoms with Crippen molar-refractivity contribution in [3.63, 3.8) is 0 Å². The zero-order chi connectivity index (χ0) is 14.7. The Morgan fingerprint density at radius 1 is 0.800 bits per heavy atom. The van der Waals surface area contributed by atoms with Crippen LogP contribution in [0.25, 0.3) is 0 Å². The van der Waals surface area contributed by atoms with E-state index in [0.717, 1.165) is 0 Å². The molecule has 0 aromatic heterocycles. The fraction of sp³-hybridized carbons (Fsp3) is 0.333. The summed E-state index contributed by atoms with van der Waals surface area (Å²) in [4.78, 5) is 0. The Labute approximate surface area is 125 Å². The Morgan fingerprint density at radius 3 is 1.45 bits per heavy atom. The van der Waals surface area contributed by atoms with Crippen LogP contribution in [0.3, 0.4) is 0 Å². The largest absolute Gasteiger partial charge is 0.373 e. The zero-order valence-electron chi connectivity index (χ0n) is 12.7. The summed E-state index contributed by atoms with van der Waals surface area (Å²) in [6, 6.07) is 12.8. The summed E-state index contributed by atoms with van der Waals surface area (Å²) in [6.45, 7) is 8.61. The first-order valence-corrected chi connectivity index (χ1v) is 7.65. The van der Waals surface area contributed by atoms with Crippen LogP contribution in [0.4, 0.5) is 0 Å². The zero-order valence-corrected chi connectivity index (χ0v) is 13.7. The van der Waals surface area contributed by atoms with E-state index in [1.807, 2.05) is 0 Å². The summed E-state index contributed by atoms with van der Waals surface area (Å²) in [5, 5.41) is 0. The average molecular weight is 281 g/mol. The molecule has 2 rings (SSSR count). The van der Waals surface area contributed by atoms with Crippen molar-refractivity contribution < 1.29 is 4.74 Å². The third-order valence-electron chi connectivity index (χ3n) is 3.86. The molecule has 103 valence electrons. The lowest BCUT2D eigenvalue weighted by molar-refractivity contribution is 0.117. The molecular formula is C18H21OSi. The summed E-state index contributed by atoms with van der Waals surface area (Å²) in [7, 11) is 3.47. The molecule has 0 amide bonds. The van der Waals surface area contributed by atoms with E-state index in [4.69, 9.17) is 4.74 Å². The minimum Gasteiger partial charge on any atom is -0.373 e. The number of benzene rings is 2. The molecule has 0 fully saturated rings. The summed E-state index contributed by atoms with van der Waals surface area (Å²) in [5.74, 6) is 0. The lowest BCUT2D eigenvalue weighted by Gasteiger charge is -2.25. The second-order valence-electron chi connectivity index (χ2n) is 5.30. The lowest BCUT2D eigenvalue weighted by Crippen LogP contribution is -2.13. The van der Waals surface area contributed by atoms with E-state index in [-0.39, 0.29) is 6.10 Å². The van der Waals surface area contributed by atoms with Crippen molar-refractivity contribution in [1.29, 1.82) is 0 Å². The maximum absolute atomic E-state index is 6.05. The molecule has 0 spiro atoms. The smallest absolute Gasteiger partial charge is 0.108 e. The maximum atomic E-state index is 6.05. The van der Waals surface area contributed by atoms with E-state index in [1.165, 1.54) is 33.4 Å². The predicted molar refractivity (Wildman–Crippen MR) is 85.4 cm³/mol. The lowest BCUT2D eigenvalue weighted by atomic mass is 9.89. The van der Waals surface area contributed by atoms with Gasteiger partial charge in [-0.05, 0) is 61.1 Å². The standard InChI is InChI=1S/C18H21OSi/c1-12-7-5-8-13(2)16(12)18(19-11-20)17-14(3)9-6-10-15(17)4/h5-10,18H,11H2,1-4H3. The molecule has 0 aliphatic heterocycles. The van der Waals surface area contributed by atoms with Crippen LogP contribution in [0.5, 0.6) is 0 Å². The molecule has 2 aromatic carbocycles. The van der Waals surface area contributed by atoms with Crippen molar-refractivity contribution in [2.45, 2.75) is 33.8 Å². The molecule has 0 aliphatic rings. The van der Waals surface area contributed by atoms with Crippen LogP contribution in [-0.4, -0.2) is 16.5 Å². The van der Waals surface area contributed by atoms with Crippen LogP contribution in [0.2, 0.25) is 0 Å². The van der Waals surface area contributed by atoms with Crippen LogP contribution < -0.4 is 0 Å². The molecule has 0 N–H and O–H groups in total. The van der Waals surface area contributed by atoms with Gasteiger partial charge in [-0.2, -0.15) is 0 Å². The molecule has 20 heavy (non-hydrogen) atoms. The first kappa shape index (κ1) is 15.0. The molecule has 0 bridgehead atoms. The summed E-state index contributed by atoms with van der Waals surface area (Å²) < 4.78 is 6.05. The minimum atomic E-state index is -0.0186. The Balaban J connectivity index is 2.63. The minimum absolute atomic E-state index is 0.0186. The number of hydrogen-bond donors (Lipinski definition) is 0. The second kappa shape index (κ2) is 6.38. The highest BCUT2D eigenvalue weighted by atomic mass is 28.1. The van der Waals surface area contributed by atoms with Crippen LogP contribution in [-0.2, 0) is 4.74 Å². The molecule has 0 heterocycles. The molecule has 0 atom stereocenters. The Kier molecular flexibility index (Phi) is 4.79. The maximum Gasteiger partial charge on any atom is 0.108 e. The monoisotopic (exact) mass is 281 g/mol. The van der Waals surface area contributed by atoms with Crippen LogP contribution in [0.15, 0.2) is 36.4 Å². The molecule has 3 radical (unpaired) electrons. The topological polar surface area (TPSA) is 9.23 Å². The van der Waals surface area contributed by atoms with Crippen molar-refractivity contribution in [2.24, 2.45) is 0 Å². The summed E-state index contributed by atoms with van der Waals surface area (Å²) in [6.07, 6.45) is 0.501. The van der Waals surface area contributed by atoms with Gasteiger partial charge in [0.05, 0.1) is 10.2 Å². The van der Waals surface area contributed by atoms with Crippen LogP contribution in [0, 0.1) is 27.7 Å². The average Bonchev–Trinajstić information content (AvgIpc) is 2.38. The number of ether oxygens (including phenoxy) is 1. The highest BCUT2D eigenvalue weighted by molar-refractivity contribution is 6.08. The van der Waals surface area contributed by atoms with E-state index in [9.17, 15) is 0 Å². The van der Waals surface area contributed by atoms with Gasteiger partial charge in [0.1, 0.15) is 6.10 Å². The highest BCUT2D eigenvalue weighted by Crippen LogP contribution is 2.34. The summed E-state index contributed by atoms with van der Waals surface area (Å²) >= 11 is 0. The van der Waals surface area contributed by atoms with Gasteiger partial charge in [0, 0.05) is 6.23 Å². The SMILES string of the molecule is Cc1cccc(C)c1C(OC[Si])c1c(C)cccc1C. The fourth-order valence-electron chi connectivity index (χ4n) is 2.88. The number of aryl methyl sites for hydroxylation is 4. The van der Waals surface area contributed by atoms with Gasteiger partial charge in [0.25, 0.3) is 0 Å². The third-order valence-corrected chi connectivity index (χ3v) is 4.03. The van der Waals surface area contributed by atoms with Gasteiger partial charge in [-0.25, -0.2) is 0 Å². The van der Waals surface area contributed by atoms with E-state index >= 15 is 0 Å². The Bertz CT molecular complexity index is 512. The van der Waals surface area contributed by atoms with Crippen LogP contribution in [0.1, 0.15) is 39.5 Å². The van der Waals surface area contributed by atoms with Crippen LogP contribution >= 0.6 is 0 Å². The van der Waals surface area contributed by atoms with Crippen molar-refractivity contribution in [2.75, 3.05) is 6.23 Å². The Hall–Kier alpha value is -1.38. The normalized spacial score (nSPS) is 11.1. The van der Waals surface area contributed by atoms with Gasteiger partial charge >= 0.3 is 0 Å². The van der Waals surface area contributed by atoms with Crippen molar-refractivity contribution in [3.05, 3.63) is 69.8 Å². The van der Waals surface area contributed by atoms with Gasteiger partial charge in [0.15, 0.2) is 0 Å². The molecule has 1 nitrogen and oxygen atoms in total. The molecule has 2 aromatic rings. The highest BCUT2D eigenvalue weighted by Gasteiger charge is 2.21. The van der Waals surface area contributed by atoms with Gasteiger partial charge in [-0.3, -0.25) is 0 Å². The summed E-state index contributed by atoms with van der Waals surface area (Å²) in [5.41, 5.74) is 7.66. The third kappa shape index (κ3) is 2.86. The van der Waals surface area contributed by atoms with Gasteiger partial charge < -0.3 is 4.74 Å². The quantitative estimate of drug-likeness (QED) is 0.765. The van der Waals surface area contributed by atoms with Gasteiger partial charge in [-0.1, -0.05) is 36.4 Å². The molecule has 0 saturated heterocycles. The molecular weight excluding hydrogens is 260 g/mol.